The van der Waals surface area contributed by atoms with E-state index in [1.54, 1.807) is 26.0 Å². The van der Waals surface area contributed by atoms with E-state index in [-0.39, 0.29) is 16.6 Å². The van der Waals surface area contributed by atoms with Gasteiger partial charge in [-0.1, -0.05) is 38.2 Å². The van der Waals surface area contributed by atoms with Gasteiger partial charge in [0.2, 0.25) is 0 Å². The summed E-state index contributed by atoms with van der Waals surface area (Å²) >= 11 is 6.08. The molecule has 0 aromatic heterocycles. The van der Waals surface area contributed by atoms with Crippen LogP contribution in [-0.4, -0.2) is 37.2 Å². The molecule has 1 amide bonds. The van der Waals surface area contributed by atoms with E-state index in [2.05, 4.69) is 0 Å². The van der Waals surface area contributed by atoms with Crippen LogP contribution in [0.15, 0.2) is 29.2 Å². The summed E-state index contributed by atoms with van der Waals surface area (Å²) in [6.45, 7) is 3.39. The van der Waals surface area contributed by atoms with Crippen molar-refractivity contribution in [2.45, 2.75) is 19.9 Å². The zero-order valence-electron chi connectivity index (χ0n) is 12.8. The Morgan fingerprint density at radius 3 is 2.67 bits per heavy atom. The second-order valence-corrected chi connectivity index (χ2v) is 6.81. The number of thiocarbonyl (C=S) groups is 1. The van der Waals surface area contributed by atoms with Crippen LogP contribution in [0.2, 0.25) is 0 Å². The van der Waals surface area contributed by atoms with Crippen LogP contribution in [0.1, 0.15) is 19.4 Å². The van der Waals surface area contributed by atoms with Crippen LogP contribution in [0.3, 0.4) is 0 Å². The van der Waals surface area contributed by atoms with Crippen molar-refractivity contribution >= 4 is 51.9 Å². The number of thioether (sulfide) groups is 1. The molecule has 0 unspecified atom stereocenters. The summed E-state index contributed by atoms with van der Waals surface area (Å²) in [5.41, 5.74) is 0.437. The number of rotatable bonds is 5. The maximum atomic E-state index is 12.2. The molecule has 0 saturated carbocycles. The maximum Gasteiger partial charge on any atom is 0.327 e. The Hall–Kier alpha value is -2.26. The van der Waals surface area contributed by atoms with Crippen molar-refractivity contribution in [3.63, 3.8) is 0 Å². The molecule has 1 aromatic rings. The Kier molecular flexibility index (Phi) is 5.35. The summed E-state index contributed by atoms with van der Waals surface area (Å²) < 4.78 is 0. The molecular weight excluding hydrogens is 352 g/mol. The van der Waals surface area contributed by atoms with Crippen molar-refractivity contribution in [1.29, 1.82) is 0 Å². The van der Waals surface area contributed by atoms with Gasteiger partial charge in [0, 0.05) is 12.1 Å². The van der Waals surface area contributed by atoms with Crippen LogP contribution in [0, 0.1) is 16.0 Å². The van der Waals surface area contributed by atoms with Gasteiger partial charge in [-0.3, -0.25) is 19.8 Å². The van der Waals surface area contributed by atoms with E-state index in [9.17, 15) is 24.8 Å². The highest BCUT2D eigenvalue weighted by Gasteiger charge is 2.41. The lowest BCUT2D eigenvalue weighted by Crippen LogP contribution is -2.46. The molecular formula is C15H14N2O5S2. The van der Waals surface area contributed by atoms with E-state index < -0.39 is 22.2 Å². The van der Waals surface area contributed by atoms with Crippen molar-refractivity contribution in [1.82, 2.24) is 4.90 Å². The van der Waals surface area contributed by atoms with Gasteiger partial charge in [-0.2, -0.15) is 0 Å². The molecule has 0 spiro atoms. The SMILES string of the molecule is CC(C)[C@H](C(=O)O)N1C(=O)S/C(=C\c2cccc([N+](=O)[O-])c2)C1=S. The van der Waals surface area contributed by atoms with Gasteiger partial charge in [-0.15, -0.1) is 0 Å². The molecule has 2 rings (SSSR count). The third kappa shape index (κ3) is 3.62. The molecule has 1 fully saturated rings. The van der Waals surface area contributed by atoms with E-state index in [0.717, 1.165) is 16.7 Å². The highest BCUT2D eigenvalue weighted by Crippen LogP contribution is 2.36. The number of aliphatic carboxylic acids is 1. The zero-order valence-corrected chi connectivity index (χ0v) is 14.5. The monoisotopic (exact) mass is 366 g/mol. The van der Waals surface area contributed by atoms with Gasteiger partial charge in [-0.05, 0) is 29.3 Å². The smallest absolute Gasteiger partial charge is 0.327 e. The second-order valence-electron chi connectivity index (χ2n) is 5.43. The van der Waals surface area contributed by atoms with Crippen molar-refractivity contribution < 1.29 is 19.6 Å². The van der Waals surface area contributed by atoms with Gasteiger partial charge in [0.15, 0.2) is 0 Å². The van der Waals surface area contributed by atoms with Gasteiger partial charge < -0.3 is 5.11 Å². The standard InChI is InChI=1S/C15H14N2O5S2/c1-8(2)12(14(18)19)16-13(23)11(24-15(16)20)7-9-4-3-5-10(6-9)17(21)22/h3-8,12H,1-2H3,(H,18,19)/b11-7-/t12-/m1/s1. The lowest BCUT2D eigenvalue weighted by Gasteiger charge is -2.26. The number of hydrogen-bond donors (Lipinski definition) is 1. The maximum absolute atomic E-state index is 12.2. The summed E-state index contributed by atoms with van der Waals surface area (Å²) in [6.07, 6.45) is 1.55. The molecule has 0 radical (unpaired) electrons. The van der Waals surface area contributed by atoms with E-state index in [1.807, 2.05) is 0 Å². The lowest BCUT2D eigenvalue weighted by atomic mass is 10.0. The molecule has 1 atom stereocenters. The molecule has 24 heavy (non-hydrogen) atoms. The summed E-state index contributed by atoms with van der Waals surface area (Å²) in [6, 6.07) is 4.85. The summed E-state index contributed by atoms with van der Waals surface area (Å²) in [7, 11) is 0. The van der Waals surface area contributed by atoms with Crippen LogP contribution in [0.25, 0.3) is 6.08 Å². The van der Waals surface area contributed by atoms with Crippen molar-refractivity contribution in [2.75, 3.05) is 0 Å². The van der Waals surface area contributed by atoms with Crippen LogP contribution >= 0.6 is 24.0 Å². The fraction of sp³-hybridized carbons (Fsp3) is 0.267. The first-order valence-corrected chi connectivity index (χ1v) is 8.19. The topological polar surface area (TPSA) is 101 Å². The Morgan fingerprint density at radius 2 is 2.12 bits per heavy atom. The molecule has 7 nitrogen and oxygen atoms in total. The van der Waals surface area contributed by atoms with Crippen molar-refractivity contribution in [2.24, 2.45) is 5.92 Å². The first-order chi connectivity index (χ1) is 11.2. The molecule has 1 aliphatic heterocycles. The Bertz CT molecular complexity index is 760. The molecule has 126 valence electrons. The highest BCUT2D eigenvalue weighted by molar-refractivity contribution is 8.19. The number of carboxylic acids is 1. The number of hydrogen-bond acceptors (Lipinski definition) is 6. The molecule has 1 aliphatic rings. The Balaban J connectivity index is 2.36. The predicted molar refractivity (Wildman–Crippen MR) is 94.8 cm³/mol. The average molecular weight is 366 g/mol. The minimum Gasteiger partial charge on any atom is -0.480 e. The van der Waals surface area contributed by atoms with Crippen LogP contribution in [0.5, 0.6) is 0 Å². The van der Waals surface area contributed by atoms with E-state index in [4.69, 9.17) is 12.2 Å². The number of nitro groups is 1. The zero-order chi connectivity index (χ0) is 18.0. The third-order valence-corrected chi connectivity index (χ3v) is 4.81. The minimum absolute atomic E-state index is 0.0768. The first kappa shape index (κ1) is 18.1. The summed E-state index contributed by atoms with van der Waals surface area (Å²) in [5.74, 6) is -1.44. The molecule has 1 saturated heterocycles. The third-order valence-electron chi connectivity index (χ3n) is 3.37. The number of carbonyl (C=O) groups is 2. The number of nitrogens with zero attached hydrogens (tertiary/aromatic N) is 2. The van der Waals surface area contributed by atoms with Crippen LogP contribution < -0.4 is 0 Å². The normalized spacial score (nSPS) is 17.6. The molecule has 1 N–H and O–H groups in total. The van der Waals surface area contributed by atoms with E-state index in [0.29, 0.717) is 10.5 Å². The Labute approximate surface area is 147 Å². The molecule has 1 heterocycles. The average Bonchev–Trinajstić information content (AvgIpc) is 2.75. The number of non-ortho nitro benzene ring substituents is 1. The molecule has 0 aliphatic carbocycles. The fourth-order valence-electron chi connectivity index (χ4n) is 2.29. The van der Waals surface area contributed by atoms with Gasteiger partial charge in [0.1, 0.15) is 11.0 Å². The van der Waals surface area contributed by atoms with Gasteiger partial charge in [0.25, 0.3) is 10.9 Å². The number of benzene rings is 1. The molecule has 9 heteroatoms. The van der Waals surface area contributed by atoms with Gasteiger partial charge in [0.05, 0.1) is 9.83 Å². The fourth-order valence-corrected chi connectivity index (χ4v) is 3.60. The number of amides is 1. The first-order valence-electron chi connectivity index (χ1n) is 6.96. The Morgan fingerprint density at radius 1 is 1.46 bits per heavy atom. The van der Waals surface area contributed by atoms with E-state index >= 15 is 0 Å². The summed E-state index contributed by atoms with van der Waals surface area (Å²) in [5, 5.41) is 19.7. The lowest BCUT2D eigenvalue weighted by molar-refractivity contribution is -0.384. The minimum atomic E-state index is -1.13. The van der Waals surface area contributed by atoms with Crippen LogP contribution in [-0.2, 0) is 4.79 Å². The van der Waals surface area contributed by atoms with E-state index in [1.165, 1.54) is 18.2 Å². The predicted octanol–water partition coefficient (Wildman–Crippen LogP) is 3.54. The largest absolute Gasteiger partial charge is 0.480 e. The second kappa shape index (κ2) is 7.10. The molecule has 0 bridgehead atoms. The quantitative estimate of drug-likeness (QED) is 0.368. The highest BCUT2D eigenvalue weighted by atomic mass is 32.2. The number of carbonyl (C=O) groups excluding carboxylic acids is 1. The van der Waals surface area contributed by atoms with Crippen molar-refractivity contribution in [3.8, 4) is 0 Å². The number of carboxylic acid groups (broad SMARTS) is 1. The number of nitro benzene ring substituents is 1. The molecule has 1 aromatic carbocycles. The van der Waals surface area contributed by atoms with Crippen molar-refractivity contribution in [3.05, 3.63) is 44.8 Å². The van der Waals surface area contributed by atoms with Gasteiger partial charge in [-0.25, -0.2) is 4.79 Å². The summed E-state index contributed by atoms with van der Waals surface area (Å²) in [4.78, 5) is 35.6. The van der Waals surface area contributed by atoms with Crippen LogP contribution in [0.4, 0.5) is 10.5 Å². The van der Waals surface area contributed by atoms with Gasteiger partial charge >= 0.3 is 5.97 Å².